The first kappa shape index (κ1) is 20.3. The average Bonchev–Trinajstić information content (AvgIpc) is 2.61. The standard InChI is InChI=1S/C18H21ClN4O2S/c1-4-9-23-17(25)14-7-6-13(19)11-15(14)21-18(23)26-12(2)16(24)22(3)10-5-8-20/h6-7,11-12H,4-5,9-10H2,1-3H3/t12-/m0/s1. The molecule has 26 heavy (non-hydrogen) atoms. The lowest BCUT2D eigenvalue weighted by atomic mass is 10.2. The number of nitriles is 1. The molecule has 1 aromatic heterocycles. The maximum absolute atomic E-state index is 12.8. The third kappa shape index (κ3) is 4.57. The van der Waals surface area contributed by atoms with Crippen LogP contribution >= 0.6 is 23.4 Å². The van der Waals surface area contributed by atoms with E-state index in [1.54, 1.807) is 36.7 Å². The molecule has 2 aromatic rings. The third-order valence-corrected chi connectivity index (χ3v) is 5.21. The van der Waals surface area contributed by atoms with E-state index >= 15 is 0 Å². The van der Waals surface area contributed by atoms with Crippen LogP contribution in [-0.4, -0.2) is 39.2 Å². The van der Waals surface area contributed by atoms with Crippen LogP contribution in [0.4, 0.5) is 0 Å². The maximum atomic E-state index is 12.8. The van der Waals surface area contributed by atoms with E-state index in [2.05, 4.69) is 4.98 Å². The molecule has 1 heterocycles. The van der Waals surface area contributed by atoms with Gasteiger partial charge in [0, 0.05) is 25.2 Å². The lowest BCUT2D eigenvalue weighted by Gasteiger charge is -2.21. The second-order valence-electron chi connectivity index (χ2n) is 5.94. The van der Waals surface area contributed by atoms with Crippen LogP contribution in [0.2, 0.25) is 5.02 Å². The van der Waals surface area contributed by atoms with Gasteiger partial charge in [-0.2, -0.15) is 5.26 Å². The zero-order valence-electron chi connectivity index (χ0n) is 15.0. The zero-order valence-corrected chi connectivity index (χ0v) is 16.6. The molecule has 0 radical (unpaired) electrons. The third-order valence-electron chi connectivity index (χ3n) is 3.89. The summed E-state index contributed by atoms with van der Waals surface area (Å²) in [6.45, 7) is 4.67. The van der Waals surface area contributed by atoms with Crippen LogP contribution in [0, 0.1) is 11.3 Å². The van der Waals surface area contributed by atoms with Gasteiger partial charge in [0.25, 0.3) is 5.56 Å². The summed E-state index contributed by atoms with van der Waals surface area (Å²) >= 11 is 7.28. The second kappa shape index (κ2) is 9.06. The monoisotopic (exact) mass is 392 g/mol. The van der Waals surface area contributed by atoms with Crippen molar-refractivity contribution in [2.75, 3.05) is 13.6 Å². The van der Waals surface area contributed by atoms with E-state index in [9.17, 15) is 9.59 Å². The Labute approximate surface area is 161 Å². The smallest absolute Gasteiger partial charge is 0.262 e. The number of carbonyl (C=O) groups is 1. The number of thioether (sulfide) groups is 1. The molecule has 0 bridgehead atoms. The molecule has 1 aromatic carbocycles. The normalized spacial score (nSPS) is 12.0. The SMILES string of the molecule is CCCn1c(S[C@@H](C)C(=O)N(C)CCC#N)nc2cc(Cl)ccc2c1=O. The van der Waals surface area contributed by atoms with E-state index in [1.807, 2.05) is 13.0 Å². The molecule has 8 heteroatoms. The van der Waals surface area contributed by atoms with Crippen LogP contribution in [0.15, 0.2) is 28.2 Å². The zero-order chi connectivity index (χ0) is 19.3. The Balaban J connectivity index is 2.38. The summed E-state index contributed by atoms with van der Waals surface area (Å²) in [5.41, 5.74) is 0.392. The van der Waals surface area contributed by atoms with Gasteiger partial charge in [-0.05, 0) is 31.5 Å². The van der Waals surface area contributed by atoms with Crippen molar-refractivity contribution in [1.29, 1.82) is 5.26 Å². The highest BCUT2D eigenvalue weighted by Crippen LogP contribution is 2.25. The van der Waals surface area contributed by atoms with Gasteiger partial charge in [0.15, 0.2) is 5.16 Å². The first-order chi connectivity index (χ1) is 12.4. The quantitative estimate of drug-likeness (QED) is 0.533. The molecule has 0 N–H and O–H groups in total. The number of amides is 1. The highest BCUT2D eigenvalue weighted by atomic mass is 35.5. The molecule has 0 aliphatic rings. The fourth-order valence-electron chi connectivity index (χ4n) is 2.53. The van der Waals surface area contributed by atoms with Crippen LogP contribution in [0.5, 0.6) is 0 Å². The minimum atomic E-state index is -0.426. The van der Waals surface area contributed by atoms with Crippen molar-refractivity contribution in [2.24, 2.45) is 0 Å². The number of carbonyl (C=O) groups excluding carboxylic acids is 1. The van der Waals surface area contributed by atoms with Crippen molar-refractivity contribution in [1.82, 2.24) is 14.5 Å². The second-order valence-corrected chi connectivity index (χ2v) is 7.69. The Hall–Kier alpha value is -2.04. The molecule has 0 spiro atoms. The van der Waals surface area contributed by atoms with Gasteiger partial charge < -0.3 is 4.90 Å². The van der Waals surface area contributed by atoms with E-state index in [0.29, 0.717) is 34.2 Å². The van der Waals surface area contributed by atoms with Gasteiger partial charge in [-0.25, -0.2) is 4.98 Å². The summed E-state index contributed by atoms with van der Waals surface area (Å²) in [6.07, 6.45) is 1.06. The molecule has 0 saturated heterocycles. The van der Waals surface area contributed by atoms with Crippen molar-refractivity contribution in [2.45, 2.75) is 43.6 Å². The summed E-state index contributed by atoms with van der Waals surface area (Å²) in [5, 5.41) is 9.76. The number of fused-ring (bicyclic) bond motifs is 1. The Morgan fingerprint density at radius 2 is 2.23 bits per heavy atom. The molecule has 1 amide bonds. The summed E-state index contributed by atoms with van der Waals surface area (Å²) in [4.78, 5) is 31.4. The van der Waals surface area contributed by atoms with Crippen molar-refractivity contribution < 1.29 is 4.79 Å². The van der Waals surface area contributed by atoms with Gasteiger partial charge in [-0.3, -0.25) is 14.2 Å². The van der Waals surface area contributed by atoms with Crippen LogP contribution in [0.1, 0.15) is 26.7 Å². The number of benzene rings is 1. The van der Waals surface area contributed by atoms with Gasteiger partial charge in [0.05, 0.1) is 28.6 Å². The molecule has 6 nitrogen and oxygen atoms in total. The van der Waals surface area contributed by atoms with Crippen molar-refractivity contribution in [3.8, 4) is 6.07 Å². The lowest BCUT2D eigenvalue weighted by Crippen LogP contribution is -2.34. The number of nitrogens with zero attached hydrogens (tertiary/aromatic N) is 4. The first-order valence-corrected chi connectivity index (χ1v) is 9.63. The molecule has 0 aliphatic carbocycles. The number of rotatable bonds is 7. The maximum Gasteiger partial charge on any atom is 0.262 e. The van der Waals surface area contributed by atoms with Crippen molar-refractivity contribution in [3.63, 3.8) is 0 Å². The Morgan fingerprint density at radius 3 is 2.88 bits per heavy atom. The fourth-order valence-corrected chi connectivity index (χ4v) is 3.75. The molecule has 1 atom stereocenters. The van der Waals surface area contributed by atoms with Gasteiger partial charge in [-0.15, -0.1) is 0 Å². The molecule has 0 aliphatic heterocycles. The first-order valence-electron chi connectivity index (χ1n) is 8.37. The molecule has 0 unspecified atom stereocenters. The molecule has 2 rings (SSSR count). The molecule has 0 saturated carbocycles. The van der Waals surface area contributed by atoms with E-state index in [0.717, 1.165) is 6.42 Å². The predicted octanol–water partition coefficient (Wildman–Crippen LogP) is 3.31. The van der Waals surface area contributed by atoms with Gasteiger partial charge in [0.2, 0.25) is 5.91 Å². The number of hydrogen-bond donors (Lipinski definition) is 0. The summed E-state index contributed by atoms with van der Waals surface area (Å²) in [6, 6.07) is 7.04. The fraction of sp³-hybridized carbons (Fsp3) is 0.444. The highest BCUT2D eigenvalue weighted by Gasteiger charge is 2.22. The minimum Gasteiger partial charge on any atom is -0.344 e. The molecule has 138 valence electrons. The highest BCUT2D eigenvalue weighted by molar-refractivity contribution is 8.00. The Bertz CT molecular complexity index is 906. The predicted molar refractivity (Wildman–Crippen MR) is 104 cm³/mol. The van der Waals surface area contributed by atoms with E-state index in [1.165, 1.54) is 16.7 Å². The number of halogens is 1. The number of hydrogen-bond acceptors (Lipinski definition) is 5. The van der Waals surface area contributed by atoms with E-state index in [4.69, 9.17) is 16.9 Å². The molecular formula is C18H21ClN4O2S. The topological polar surface area (TPSA) is 79.0 Å². The molecule has 0 fully saturated rings. The van der Waals surface area contributed by atoms with Gasteiger partial charge >= 0.3 is 0 Å². The summed E-state index contributed by atoms with van der Waals surface area (Å²) in [5.74, 6) is -0.103. The Kier molecular flexibility index (Phi) is 7.06. The van der Waals surface area contributed by atoms with E-state index < -0.39 is 5.25 Å². The largest absolute Gasteiger partial charge is 0.344 e. The van der Waals surface area contributed by atoms with Crippen molar-refractivity contribution >= 4 is 40.2 Å². The van der Waals surface area contributed by atoms with E-state index in [-0.39, 0.29) is 17.9 Å². The van der Waals surface area contributed by atoms with Crippen LogP contribution < -0.4 is 5.56 Å². The van der Waals surface area contributed by atoms with Crippen LogP contribution in [0.25, 0.3) is 10.9 Å². The summed E-state index contributed by atoms with van der Waals surface area (Å²) in [7, 11) is 1.67. The molecular weight excluding hydrogens is 372 g/mol. The lowest BCUT2D eigenvalue weighted by molar-refractivity contribution is -0.128. The minimum absolute atomic E-state index is 0.103. The average molecular weight is 393 g/mol. The van der Waals surface area contributed by atoms with Crippen molar-refractivity contribution in [3.05, 3.63) is 33.6 Å². The van der Waals surface area contributed by atoms with Crippen LogP contribution in [0.3, 0.4) is 0 Å². The number of aromatic nitrogens is 2. The van der Waals surface area contributed by atoms with Gasteiger partial charge in [-0.1, -0.05) is 30.3 Å². The van der Waals surface area contributed by atoms with Crippen LogP contribution in [-0.2, 0) is 11.3 Å². The van der Waals surface area contributed by atoms with Gasteiger partial charge in [0.1, 0.15) is 0 Å². The summed E-state index contributed by atoms with van der Waals surface area (Å²) < 4.78 is 1.61. The Morgan fingerprint density at radius 1 is 1.50 bits per heavy atom.